The molecular weight excluding hydrogens is 428 g/mol. The van der Waals surface area contributed by atoms with Crippen molar-refractivity contribution < 1.29 is 22.7 Å². The predicted molar refractivity (Wildman–Crippen MR) is 120 cm³/mol. The van der Waals surface area contributed by atoms with Crippen LogP contribution in [0.15, 0.2) is 88.8 Å². The minimum absolute atomic E-state index is 0.0327. The van der Waals surface area contributed by atoms with E-state index in [0.29, 0.717) is 11.1 Å². The van der Waals surface area contributed by atoms with Crippen LogP contribution in [-0.4, -0.2) is 39.2 Å². The standard InChI is InChI=1S/C24H20N2O5S/c27-21(19-12-10-18(11-13-19)17-6-2-1-3-7-17)16-31-23(28)14-15-25-24-20-8-4-5-9-22(20)32(29,30)26-24/h1-13H,14-16H2,(H,25,26). The highest BCUT2D eigenvalue weighted by Crippen LogP contribution is 2.22. The Bertz CT molecular complexity index is 1280. The molecule has 0 radical (unpaired) electrons. The van der Waals surface area contributed by atoms with E-state index in [9.17, 15) is 18.0 Å². The number of carbonyl (C=O) groups is 2. The maximum Gasteiger partial charge on any atom is 0.308 e. The molecule has 4 rings (SSSR count). The van der Waals surface area contributed by atoms with Gasteiger partial charge in [-0.2, -0.15) is 0 Å². The van der Waals surface area contributed by atoms with Crippen LogP contribution >= 0.6 is 0 Å². The van der Waals surface area contributed by atoms with Crippen molar-refractivity contribution in [2.75, 3.05) is 13.2 Å². The van der Waals surface area contributed by atoms with E-state index in [0.717, 1.165) is 11.1 Å². The lowest BCUT2D eigenvalue weighted by molar-refractivity contribution is -0.142. The topological polar surface area (TPSA) is 102 Å². The lowest BCUT2D eigenvalue weighted by Gasteiger charge is -2.06. The van der Waals surface area contributed by atoms with Crippen molar-refractivity contribution in [1.82, 2.24) is 4.72 Å². The normalized spacial score (nSPS) is 15.1. The summed E-state index contributed by atoms with van der Waals surface area (Å²) in [6.07, 6.45) is -0.0758. The zero-order valence-corrected chi connectivity index (χ0v) is 17.8. The Morgan fingerprint density at radius 1 is 0.844 bits per heavy atom. The Labute approximate surface area is 185 Å². The Hall–Kier alpha value is -3.78. The fourth-order valence-electron chi connectivity index (χ4n) is 3.29. The largest absolute Gasteiger partial charge is 0.457 e. The second-order valence-electron chi connectivity index (χ2n) is 7.11. The number of aliphatic imine (C=N–C) groups is 1. The number of Topliss-reactive ketones (excluding diaryl/α,β-unsaturated/α-hetero) is 1. The molecule has 0 unspecified atom stereocenters. The molecule has 0 bridgehead atoms. The average molecular weight is 449 g/mol. The number of carbonyl (C=O) groups excluding carboxylic acids is 2. The molecule has 1 aliphatic heterocycles. The van der Waals surface area contributed by atoms with E-state index in [-0.39, 0.29) is 36.1 Å². The van der Waals surface area contributed by atoms with Crippen molar-refractivity contribution in [3.63, 3.8) is 0 Å². The highest BCUT2D eigenvalue weighted by molar-refractivity contribution is 7.90. The van der Waals surface area contributed by atoms with Crippen molar-refractivity contribution in [1.29, 1.82) is 0 Å². The lowest BCUT2D eigenvalue weighted by Crippen LogP contribution is -2.22. The summed E-state index contributed by atoms with van der Waals surface area (Å²) in [6, 6.07) is 23.4. The average Bonchev–Trinajstić information content (AvgIpc) is 3.08. The van der Waals surface area contributed by atoms with Crippen LogP contribution in [0.2, 0.25) is 0 Å². The first-order chi connectivity index (χ1) is 15.4. The minimum Gasteiger partial charge on any atom is -0.457 e. The van der Waals surface area contributed by atoms with Gasteiger partial charge in [-0.25, -0.2) is 8.42 Å². The number of nitrogens with zero attached hydrogens (tertiary/aromatic N) is 1. The number of hydrogen-bond donors (Lipinski definition) is 1. The van der Waals surface area contributed by atoms with Gasteiger partial charge in [-0.15, -0.1) is 0 Å². The summed E-state index contributed by atoms with van der Waals surface area (Å²) < 4.78 is 31.5. The van der Waals surface area contributed by atoms with Crippen LogP contribution < -0.4 is 4.72 Å². The Morgan fingerprint density at radius 2 is 1.50 bits per heavy atom. The molecule has 8 heteroatoms. The van der Waals surface area contributed by atoms with Crippen LogP contribution in [0.5, 0.6) is 0 Å². The van der Waals surface area contributed by atoms with Crippen LogP contribution in [0.1, 0.15) is 22.3 Å². The summed E-state index contributed by atoms with van der Waals surface area (Å²) in [5.41, 5.74) is 2.96. The van der Waals surface area contributed by atoms with E-state index >= 15 is 0 Å². The summed E-state index contributed by atoms with van der Waals surface area (Å²) in [5.74, 6) is -0.692. The van der Waals surface area contributed by atoms with Crippen LogP contribution in [-0.2, 0) is 19.6 Å². The van der Waals surface area contributed by atoms with E-state index in [1.807, 2.05) is 42.5 Å². The summed E-state index contributed by atoms with van der Waals surface area (Å²) in [4.78, 5) is 28.6. The molecule has 3 aromatic carbocycles. The number of benzene rings is 3. The molecule has 0 saturated heterocycles. The number of ketones is 1. The fourth-order valence-corrected chi connectivity index (χ4v) is 4.54. The van der Waals surface area contributed by atoms with Gasteiger partial charge in [0.25, 0.3) is 10.0 Å². The first kappa shape index (κ1) is 21.5. The Balaban J connectivity index is 1.28. The molecule has 0 atom stereocenters. The van der Waals surface area contributed by atoms with Gasteiger partial charge in [0.05, 0.1) is 17.9 Å². The van der Waals surface area contributed by atoms with Gasteiger partial charge < -0.3 is 4.74 Å². The van der Waals surface area contributed by atoms with Crippen molar-refractivity contribution in [2.24, 2.45) is 4.99 Å². The summed E-state index contributed by atoms with van der Waals surface area (Å²) in [7, 11) is -3.62. The first-order valence-electron chi connectivity index (χ1n) is 9.95. The molecule has 0 amide bonds. The van der Waals surface area contributed by atoms with Crippen molar-refractivity contribution in [3.05, 3.63) is 90.0 Å². The highest BCUT2D eigenvalue weighted by atomic mass is 32.2. The monoisotopic (exact) mass is 448 g/mol. The minimum atomic E-state index is -3.62. The fraction of sp³-hybridized carbons (Fsp3) is 0.125. The number of nitrogens with one attached hydrogen (secondary N) is 1. The van der Waals surface area contributed by atoms with E-state index < -0.39 is 16.0 Å². The summed E-state index contributed by atoms with van der Waals surface area (Å²) in [6.45, 7) is -0.333. The second kappa shape index (κ2) is 9.15. The maximum absolute atomic E-state index is 12.3. The second-order valence-corrected chi connectivity index (χ2v) is 8.76. The number of fused-ring (bicyclic) bond motifs is 1. The molecule has 7 nitrogen and oxygen atoms in total. The van der Waals surface area contributed by atoms with Gasteiger partial charge in [-0.05, 0) is 23.3 Å². The number of rotatable bonds is 7. The van der Waals surface area contributed by atoms with Gasteiger partial charge in [-0.3, -0.25) is 19.3 Å². The van der Waals surface area contributed by atoms with E-state index in [1.165, 1.54) is 6.07 Å². The smallest absolute Gasteiger partial charge is 0.308 e. The maximum atomic E-state index is 12.3. The third kappa shape index (κ3) is 4.76. The quantitative estimate of drug-likeness (QED) is 0.442. The summed E-state index contributed by atoms with van der Waals surface area (Å²) in [5, 5.41) is 0. The lowest BCUT2D eigenvalue weighted by atomic mass is 10.0. The molecule has 162 valence electrons. The van der Waals surface area contributed by atoms with Crippen LogP contribution in [0, 0.1) is 0 Å². The molecule has 0 saturated carbocycles. The van der Waals surface area contributed by atoms with Gasteiger partial charge >= 0.3 is 5.97 Å². The Kier molecular flexibility index (Phi) is 6.13. The van der Waals surface area contributed by atoms with Gasteiger partial charge in [0.15, 0.2) is 12.4 Å². The Morgan fingerprint density at radius 3 is 2.25 bits per heavy atom. The predicted octanol–water partition coefficient (Wildman–Crippen LogP) is 3.21. The summed E-state index contributed by atoms with van der Waals surface area (Å²) >= 11 is 0. The first-order valence-corrected chi connectivity index (χ1v) is 11.4. The number of ether oxygens (including phenoxy) is 1. The number of esters is 1. The molecule has 0 aromatic heterocycles. The molecule has 1 N–H and O–H groups in total. The van der Waals surface area contributed by atoms with Gasteiger partial charge in [0.2, 0.25) is 0 Å². The van der Waals surface area contributed by atoms with E-state index in [4.69, 9.17) is 4.74 Å². The molecule has 32 heavy (non-hydrogen) atoms. The third-order valence-electron chi connectivity index (χ3n) is 4.93. The van der Waals surface area contributed by atoms with Crippen molar-refractivity contribution >= 4 is 27.6 Å². The number of hydrogen-bond acceptors (Lipinski definition) is 6. The SMILES string of the molecule is O=C(CCN=C1NS(=O)(=O)c2ccccc21)OCC(=O)c1ccc(-c2ccccc2)cc1. The van der Waals surface area contributed by atoms with Crippen molar-refractivity contribution in [2.45, 2.75) is 11.3 Å². The van der Waals surface area contributed by atoms with Crippen LogP contribution in [0.25, 0.3) is 11.1 Å². The highest BCUT2D eigenvalue weighted by Gasteiger charge is 2.29. The zero-order chi connectivity index (χ0) is 22.6. The molecule has 1 heterocycles. The van der Waals surface area contributed by atoms with Gasteiger partial charge in [0, 0.05) is 11.1 Å². The molecular formula is C24H20N2O5S. The van der Waals surface area contributed by atoms with Gasteiger partial charge in [-0.1, -0.05) is 66.7 Å². The van der Waals surface area contributed by atoms with Crippen molar-refractivity contribution in [3.8, 4) is 11.1 Å². The zero-order valence-electron chi connectivity index (χ0n) is 17.0. The third-order valence-corrected chi connectivity index (χ3v) is 6.32. The molecule has 0 spiro atoms. The molecule has 0 fully saturated rings. The van der Waals surface area contributed by atoms with E-state index in [1.54, 1.807) is 30.3 Å². The molecule has 3 aromatic rings. The van der Waals surface area contributed by atoms with Gasteiger partial charge in [0.1, 0.15) is 5.84 Å². The number of amidine groups is 1. The van der Waals surface area contributed by atoms with E-state index in [2.05, 4.69) is 9.71 Å². The van der Waals surface area contributed by atoms with Crippen LogP contribution in [0.3, 0.4) is 0 Å². The molecule has 1 aliphatic rings. The molecule has 0 aliphatic carbocycles. The number of sulfonamides is 1. The van der Waals surface area contributed by atoms with Crippen LogP contribution in [0.4, 0.5) is 0 Å².